The average Bonchev–Trinajstić information content (AvgIpc) is 2.87. The summed E-state index contributed by atoms with van der Waals surface area (Å²) in [5, 5.41) is 6.13. The normalized spacial score (nSPS) is 10.5. The van der Waals surface area contributed by atoms with E-state index in [0.29, 0.717) is 18.2 Å². The van der Waals surface area contributed by atoms with Gasteiger partial charge in [0.1, 0.15) is 0 Å². The molecule has 0 spiro atoms. The summed E-state index contributed by atoms with van der Waals surface area (Å²) in [5.74, 6) is -0.321. The van der Waals surface area contributed by atoms with E-state index in [0.717, 1.165) is 22.6 Å². The molecule has 2 amide bonds. The van der Waals surface area contributed by atoms with Gasteiger partial charge in [0.15, 0.2) is 0 Å². The number of halogens is 1. The Morgan fingerprint density at radius 3 is 2.65 bits per heavy atom. The molecule has 0 aliphatic rings. The van der Waals surface area contributed by atoms with Crippen molar-refractivity contribution in [2.24, 2.45) is 0 Å². The maximum Gasteiger partial charge on any atom is 0.315 e. The second kappa shape index (κ2) is 9.29. The smallest absolute Gasteiger partial charge is 0.315 e. The Balaban J connectivity index is 1.93. The number of rotatable bonds is 7. The summed E-state index contributed by atoms with van der Waals surface area (Å²) < 4.78 is 6.91. The Labute approximate surface area is 158 Å². The number of esters is 1. The number of carbonyl (C=O) groups excluding carboxylic acids is 2. The highest BCUT2D eigenvalue weighted by molar-refractivity contribution is 6.30. The second-order valence-electron chi connectivity index (χ2n) is 5.88. The topological polar surface area (TPSA) is 72.4 Å². The average molecular weight is 378 g/mol. The SMILES string of the molecule is CCOC(=O)CCNC(=O)NCc1cc(C)n(-c2cccc(Cl)c2)c1C. The Bertz CT molecular complexity index is 786. The van der Waals surface area contributed by atoms with Gasteiger partial charge in [0.05, 0.1) is 13.0 Å². The lowest BCUT2D eigenvalue weighted by Gasteiger charge is -2.11. The quantitative estimate of drug-likeness (QED) is 0.725. The van der Waals surface area contributed by atoms with Gasteiger partial charge in [-0.3, -0.25) is 4.79 Å². The predicted octanol–water partition coefficient (Wildman–Crippen LogP) is 3.50. The molecule has 0 aliphatic heterocycles. The molecule has 1 aromatic heterocycles. The molecule has 2 rings (SSSR count). The highest BCUT2D eigenvalue weighted by Crippen LogP contribution is 2.22. The van der Waals surface area contributed by atoms with Gasteiger partial charge in [-0.25, -0.2) is 4.79 Å². The molecule has 0 aliphatic carbocycles. The predicted molar refractivity (Wildman–Crippen MR) is 102 cm³/mol. The third-order valence-electron chi connectivity index (χ3n) is 3.96. The van der Waals surface area contributed by atoms with Gasteiger partial charge in [-0.1, -0.05) is 17.7 Å². The van der Waals surface area contributed by atoms with Crippen molar-refractivity contribution in [1.82, 2.24) is 15.2 Å². The second-order valence-corrected chi connectivity index (χ2v) is 6.31. The van der Waals surface area contributed by atoms with E-state index in [1.165, 1.54) is 0 Å². The van der Waals surface area contributed by atoms with Crippen LogP contribution in [0.15, 0.2) is 30.3 Å². The van der Waals surface area contributed by atoms with Gasteiger partial charge in [-0.2, -0.15) is 0 Å². The Morgan fingerprint density at radius 1 is 1.19 bits per heavy atom. The maximum absolute atomic E-state index is 11.9. The first-order valence-electron chi connectivity index (χ1n) is 8.53. The molecule has 6 nitrogen and oxygen atoms in total. The molecule has 2 aromatic rings. The van der Waals surface area contributed by atoms with E-state index >= 15 is 0 Å². The molecule has 140 valence electrons. The van der Waals surface area contributed by atoms with Gasteiger partial charge in [-0.15, -0.1) is 0 Å². The van der Waals surface area contributed by atoms with Crippen LogP contribution in [0, 0.1) is 13.8 Å². The minimum atomic E-state index is -0.321. The number of nitrogens with one attached hydrogen (secondary N) is 2. The molecular formula is C19H24ClN3O3. The lowest BCUT2D eigenvalue weighted by atomic mass is 10.2. The van der Waals surface area contributed by atoms with E-state index in [9.17, 15) is 9.59 Å². The van der Waals surface area contributed by atoms with Gasteiger partial charge >= 0.3 is 12.0 Å². The molecule has 0 atom stereocenters. The molecule has 2 N–H and O–H groups in total. The van der Waals surface area contributed by atoms with Crippen molar-refractivity contribution < 1.29 is 14.3 Å². The van der Waals surface area contributed by atoms with Crippen LogP contribution in [0.3, 0.4) is 0 Å². The number of aromatic nitrogens is 1. The van der Waals surface area contributed by atoms with Crippen molar-refractivity contribution in [3.63, 3.8) is 0 Å². The number of benzene rings is 1. The zero-order valence-electron chi connectivity index (χ0n) is 15.3. The minimum absolute atomic E-state index is 0.157. The lowest BCUT2D eigenvalue weighted by molar-refractivity contribution is -0.142. The van der Waals surface area contributed by atoms with Gasteiger partial charge in [0, 0.05) is 35.2 Å². The molecule has 7 heteroatoms. The van der Waals surface area contributed by atoms with Crippen LogP contribution in [0.1, 0.15) is 30.3 Å². The van der Waals surface area contributed by atoms with Crippen LogP contribution < -0.4 is 10.6 Å². The number of hydrogen-bond donors (Lipinski definition) is 2. The summed E-state index contributed by atoms with van der Waals surface area (Å²) in [7, 11) is 0. The first kappa shape index (κ1) is 19.8. The highest BCUT2D eigenvalue weighted by atomic mass is 35.5. The van der Waals surface area contributed by atoms with Crippen LogP contribution in [0.5, 0.6) is 0 Å². The van der Waals surface area contributed by atoms with Crippen molar-refractivity contribution in [2.75, 3.05) is 13.2 Å². The van der Waals surface area contributed by atoms with E-state index in [4.69, 9.17) is 16.3 Å². The molecular weight excluding hydrogens is 354 g/mol. The molecule has 1 aromatic carbocycles. The first-order valence-corrected chi connectivity index (χ1v) is 8.91. The standard InChI is InChI=1S/C19H24ClN3O3/c1-4-26-18(24)8-9-21-19(25)22-12-15-10-13(2)23(14(15)3)17-7-5-6-16(20)11-17/h5-7,10-11H,4,8-9,12H2,1-3H3,(H2,21,22,25). The molecule has 0 saturated heterocycles. The van der Waals surface area contributed by atoms with Crippen LogP contribution in [0.2, 0.25) is 5.02 Å². The monoisotopic (exact) mass is 377 g/mol. The number of ether oxygens (including phenoxy) is 1. The molecule has 0 unspecified atom stereocenters. The fourth-order valence-corrected chi connectivity index (χ4v) is 2.95. The van der Waals surface area contributed by atoms with Crippen molar-refractivity contribution in [2.45, 2.75) is 33.7 Å². The van der Waals surface area contributed by atoms with E-state index in [-0.39, 0.29) is 25.0 Å². The van der Waals surface area contributed by atoms with E-state index < -0.39 is 0 Å². The molecule has 0 radical (unpaired) electrons. The summed E-state index contributed by atoms with van der Waals surface area (Å²) in [6.07, 6.45) is 0.157. The van der Waals surface area contributed by atoms with Crippen molar-refractivity contribution in [3.8, 4) is 5.69 Å². The minimum Gasteiger partial charge on any atom is -0.466 e. The molecule has 0 bridgehead atoms. The van der Waals surface area contributed by atoms with Crippen LogP contribution in [-0.2, 0) is 16.1 Å². The van der Waals surface area contributed by atoms with Gasteiger partial charge in [0.2, 0.25) is 0 Å². The third kappa shape index (κ3) is 5.26. The fraction of sp³-hybridized carbons (Fsp3) is 0.368. The van der Waals surface area contributed by atoms with E-state index in [1.54, 1.807) is 6.92 Å². The van der Waals surface area contributed by atoms with Gasteiger partial charge < -0.3 is 19.9 Å². The van der Waals surface area contributed by atoms with Crippen molar-refractivity contribution in [1.29, 1.82) is 0 Å². The number of urea groups is 1. The first-order chi connectivity index (χ1) is 12.4. The van der Waals surface area contributed by atoms with Crippen molar-refractivity contribution >= 4 is 23.6 Å². The van der Waals surface area contributed by atoms with Gasteiger partial charge in [0.25, 0.3) is 0 Å². The maximum atomic E-state index is 11.9. The number of aryl methyl sites for hydroxylation is 1. The van der Waals surface area contributed by atoms with Crippen molar-refractivity contribution in [3.05, 3.63) is 52.3 Å². The lowest BCUT2D eigenvalue weighted by Crippen LogP contribution is -2.36. The molecule has 1 heterocycles. The summed E-state index contributed by atoms with van der Waals surface area (Å²) in [6, 6.07) is 9.36. The van der Waals surface area contributed by atoms with Gasteiger partial charge in [-0.05, 0) is 50.6 Å². The van der Waals surface area contributed by atoms with Crippen LogP contribution >= 0.6 is 11.6 Å². The van der Waals surface area contributed by atoms with Crippen LogP contribution in [-0.4, -0.2) is 29.7 Å². The summed E-state index contributed by atoms with van der Waals surface area (Å²) in [6.45, 7) is 6.74. The summed E-state index contributed by atoms with van der Waals surface area (Å²) in [5.41, 5.74) is 4.10. The third-order valence-corrected chi connectivity index (χ3v) is 4.20. The van der Waals surface area contributed by atoms with Crippen LogP contribution in [0.25, 0.3) is 5.69 Å². The van der Waals surface area contributed by atoms with Crippen LogP contribution in [0.4, 0.5) is 4.79 Å². The molecule has 0 fully saturated rings. The zero-order valence-corrected chi connectivity index (χ0v) is 16.0. The number of nitrogens with zero attached hydrogens (tertiary/aromatic N) is 1. The number of hydrogen-bond acceptors (Lipinski definition) is 3. The summed E-state index contributed by atoms with van der Waals surface area (Å²) >= 11 is 6.09. The molecule has 0 saturated carbocycles. The largest absolute Gasteiger partial charge is 0.466 e. The van der Waals surface area contributed by atoms with E-state index in [2.05, 4.69) is 15.2 Å². The zero-order chi connectivity index (χ0) is 19.1. The Morgan fingerprint density at radius 2 is 1.96 bits per heavy atom. The fourth-order valence-electron chi connectivity index (χ4n) is 2.77. The number of carbonyl (C=O) groups is 2. The highest BCUT2D eigenvalue weighted by Gasteiger charge is 2.12. The summed E-state index contributed by atoms with van der Waals surface area (Å²) in [4.78, 5) is 23.1. The number of amides is 2. The Hall–Kier alpha value is -2.47. The molecule has 26 heavy (non-hydrogen) atoms. The van der Waals surface area contributed by atoms with E-state index in [1.807, 2.05) is 44.2 Å². The Kier molecular flexibility index (Phi) is 7.09.